The molecular formula is C15H22ClN. The van der Waals surface area contributed by atoms with Gasteiger partial charge in [0, 0.05) is 11.1 Å². The topological polar surface area (TPSA) is 26.0 Å². The Bertz CT molecular complexity index is 345. The summed E-state index contributed by atoms with van der Waals surface area (Å²) in [5, 5.41) is 0.811. The van der Waals surface area contributed by atoms with Crippen molar-refractivity contribution >= 4 is 11.6 Å². The molecule has 1 atom stereocenters. The third-order valence-electron chi connectivity index (χ3n) is 3.81. The second-order valence-corrected chi connectivity index (χ2v) is 5.76. The Morgan fingerprint density at radius 3 is 2.76 bits per heavy atom. The maximum Gasteiger partial charge on any atom is 0.0408 e. The summed E-state index contributed by atoms with van der Waals surface area (Å²) in [5.74, 6) is 0.945. The molecule has 0 heterocycles. The molecule has 2 heteroatoms. The van der Waals surface area contributed by atoms with Crippen LogP contribution in [-0.2, 0) is 6.42 Å². The fourth-order valence-electron chi connectivity index (χ4n) is 2.82. The van der Waals surface area contributed by atoms with E-state index in [2.05, 4.69) is 6.07 Å². The van der Waals surface area contributed by atoms with Gasteiger partial charge in [-0.3, -0.25) is 0 Å². The number of rotatable bonds is 5. The van der Waals surface area contributed by atoms with Gasteiger partial charge in [0.2, 0.25) is 0 Å². The molecule has 17 heavy (non-hydrogen) atoms. The van der Waals surface area contributed by atoms with Crippen LogP contribution in [0.3, 0.4) is 0 Å². The van der Waals surface area contributed by atoms with Crippen molar-refractivity contribution in [2.45, 2.75) is 51.0 Å². The second-order valence-electron chi connectivity index (χ2n) is 5.32. The molecule has 0 radical (unpaired) electrons. The van der Waals surface area contributed by atoms with E-state index in [-0.39, 0.29) is 6.04 Å². The molecule has 1 unspecified atom stereocenters. The van der Waals surface area contributed by atoms with Crippen molar-refractivity contribution < 1.29 is 0 Å². The number of hydrogen-bond acceptors (Lipinski definition) is 1. The van der Waals surface area contributed by atoms with Crippen LogP contribution in [0.25, 0.3) is 0 Å². The fraction of sp³-hybridized carbons (Fsp3) is 0.600. The van der Waals surface area contributed by atoms with Crippen molar-refractivity contribution in [2.75, 3.05) is 0 Å². The Morgan fingerprint density at radius 1 is 1.29 bits per heavy atom. The summed E-state index contributed by atoms with van der Waals surface area (Å²) in [7, 11) is 0. The summed E-state index contributed by atoms with van der Waals surface area (Å²) in [4.78, 5) is 0. The van der Waals surface area contributed by atoms with Crippen LogP contribution in [0.2, 0.25) is 5.02 Å². The molecule has 0 spiro atoms. The van der Waals surface area contributed by atoms with Crippen LogP contribution in [0.15, 0.2) is 24.3 Å². The third-order valence-corrected chi connectivity index (χ3v) is 4.04. The SMILES string of the molecule is NC(CCC1CCCC1)Cc1cccc(Cl)c1. The molecule has 0 amide bonds. The first-order valence-corrected chi connectivity index (χ1v) is 7.12. The highest BCUT2D eigenvalue weighted by Gasteiger charge is 2.16. The monoisotopic (exact) mass is 251 g/mol. The lowest BCUT2D eigenvalue weighted by atomic mass is 9.96. The number of hydrogen-bond donors (Lipinski definition) is 1. The molecule has 1 aliphatic rings. The van der Waals surface area contributed by atoms with Gasteiger partial charge in [-0.15, -0.1) is 0 Å². The van der Waals surface area contributed by atoms with E-state index in [1.165, 1.54) is 37.7 Å². The smallest absolute Gasteiger partial charge is 0.0408 e. The van der Waals surface area contributed by atoms with Crippen LogP contribution in [-0.4, -0.2) is 6.04 Å². The molecule has 0 aliphatic heterocycles. The molecule has 1 saturated carbocycles. The van der Waals surface area contributed by atoms with Crippen LogP contribution in [0.4, 0.5) is 0 Å². The zero-order chi connectivity index (χ0) is 12.1. The highest BCUT2D eigenvalue weighted by molar-refractivity contribution is 6.30. The normalized spacial score (nSPS) is 18.5. The largest absolute Gasteiger partial charge is 0.327 e. The quantitative estimate of drug-likeness (QED) is 0.835. The molecular weight excluding hydrogens is 230 g/mol. The van der Waals surface area contributed by atoms with Crippen molar-refractivity contribution in [1.82, 2.24) is 0 Å². The second kappa shape index (κ2) is 6.42. The minimum Gasteiger partial charge on any atom is -0.327 e. The van der Waals surface area contributed by atoms with Gasteiger partial charge in [0.15, 0.2) is 0 Å². The minimum absolute atomic E-state index is 0.286. The molecule has 0 bridgehead atoms. The lowest BCUT2D eigenvalue weighted by Crippen LogP contribution is -2.23. The maximum atomic E-state index is 6.19. The van der Waals surface area contributed by atoms with E-state index in [9.17, 15) is 0 Å². The Hall–Kier alpha value is -0.530. The molecule has 0 aromatic heterocycles. The predicted octanol–water partition coefficient (Wildman–Crippen LogP) is 4.18. The summed E-state index contributed by atoms with van der Waals surface area (Å²) >= 11 is 5.97. The molecule has 1 fully saturated rings. The molecule has 1 aromatic carbocycles. The number of benzene rings is 1. The van der Waals surface area contributed by atoms with Gasteiger partial charge < -0.3 is 5.73 Å². The molecule has 2 rings (SSSR count). The van der Waals surface area contributed by atoms with E-state index in [0.717, 1.165) is 23.8 Å². The first kappa shape index (κ1) is 12.9. The van der Waals surface area contributed by atoms with E-state index in [1.807, 2.05) is 18.2 Å². The van der Waals surface area contributed by atoms with Gasteiger partial charge in [-0.1, -0.05) is 49.4 Å². The zero-order valence-corrected chi connectivity index (χ0v) is 11.1. The summed E-state index contributed by atoms with van der Waals surface area (Å²) in [6.07, 6.45) is 9.10. The van der Waals surface area contributed by atoms with Crippen LogP contribution in [0.5, 0.6) is 0 Å². The van der Waals surface area contributed by atoms with Crippen molar-refractivity contribution in [3.63, 3.8) is 0 Å². The van der Waals surface area contributed by atoms with Crippen LogP contribution in [0, 0.1) is 5.92 Å². The third kappa shape index (κ3) is 4.33. The lowest BCUT2D eigenvalue weighted by molar-refractivity contribution is 0.447. The van der Waals surface area contributed by atoms with Crippen molar-refractivity contribution in [1.29, 1.82) is 0 Å². The Balaban J connectivity index is 1.74. The molecule has 0 saturated heterocycles. The van der Waals surface area contributed by atoms with E-state index < -0.39 is 0 Å². The maximum absolute atomic E-state index is 6.19. The van der Waals surface area contributed by atoms with Crippen molar-refractivity contribution in [3.05, 3.63) is 34.9 Å². The van der Waals surface area contributed by atoms with Crippen LogP contribution >= 0.6 is 11.6 Å². The van der Waals surface area contributed by atoms with Crippen molar-refractivity contribution in [2.24, 2.45) is 11.7 Å². The Labute approximate surface area is 109 Å². The van der Waals surface area contributed by atoms with E-state index in [4.69, 9.17) is 17.3 Å². The van der Waals surface area contributed by atoms with Gasteiger partial charge >= 0.3 is 0 Å². The Kier molecular flexibility index (Phi) is 4.87. The lowest BCUT2D eigenvalue weighted by Gasteiger charge is -2.14. The van der Waals surface area contributed by atoms with Gasteiger partial charge in [0.25, 0.3) is 0 Å². The van der Waals surface area contributed by atoms with Gasteiger partial charge in [-0.25, -0.2) is 0 Å². The van der Waals surface area contributed by atoms with E-state index in [1.54, 1.807) is 0 Å². The summed E-state index contributed by atoms with van der Waals surface area (Å²) in [6, 6.07) is 8.34. The van der Waals surface area contributed by atoms with Crippen molar-refractivity contribution in [3.8, 4) is 0 Å². The first-order valence-electron chi connectivity index (χ1n) is 6.74. The minimum atomic E-state index is 0.286. The molecule has 1 aliphatic carbocycles. The van der Waals surface area contributed by atoms with Gasteiger partial charge in [-0.2, -0.15) is 0 Å². The average Bonchev–Trinajstić information content (AvgIpc) is 2.79. The molecule has 1 nitrogen and oxygen atoms in total. The van der Waals surface area contributed by atoms with Gasteiger partial charge in [0.1, 0.15) is 0 Å². The Morgan fingerprint density at radius 2 is 2.06 bits per heavy atom. The predicted molar refractivity (Wildman–Crippen MR) is 74.3 cm³/mol. The molecule has 2 N–H and O–H groups in total. The summed E-state index contributed by atoms with van der Waals surface area (Å²) < 4.78 is 0. The summed E-state index contributed by atoms with van der Waals surface area (Å²) in [6.45, 7) is 0. The summed E-state index contributed by atoms with van der Waals surface area (Å²) in [5.41, 5.74) is 7.45. The molecule has 94 valence electrons. The van der Waals surface area contributed by atoms with Gasteiger partial charge in [-0.05, 0) is 42.9 Å². The number of halogens is 1. The first-order chi connectivity index (χ1) is 8.24. The highest BCUT2D eigenvalue weighted by Crippen LogP contribution is 2.29. The van der Waals surface area contributed by atoms with E-state index in [0.29, 0.717) is 0 Å². The van der Waals surface area contributed by atoms with Crippen LogP contribution in [0.1, 0.15) is 44.1 Å². The number of nitrogens with two attached hydrogens (primary N) is 1. The van der Waals surface area contributed by atoms with Crippen LogP contribution < -0.4 is 5.73 Å². The molecule has 1 aromatic rings. The fourth-order valence-corrected chi connectivity index (χ4v) is 3.03. The standard InChI is InChI=1S/C15H22ClN/c16-14-7-3-6-13(10-14)11-15(17)9-8-12-4-1-2-5-12/h3,6-7,10,12,15H,1-2,4-5,8-9,11,17H2. The van der Waals surface area contributed by atoms with Gasteiger partial charge in [0.05, 0.1) is 0 Å². The highest BCUT2D eigenvalue weighted by atomic mass is 35.5. The average molecular weight is 252 g/mol. The zero-order valence-electron chi connectivity index (χ0n) is 10.4. The van der Waals surface area contributed by atoms with E-state index >= 15 is 0 Å².